The Hall–Kier alpha value is -1.94. The smallest absolute Gasteiger partial charge is 0.160 e. The van der Waals surface area contributed by atoms with Gasteiger partial charge in [0.1, 0.15) is 11.5 Å². The second-order valence-electron chi connectivity index (χ2n) is 4.45. The van der Waals surface area contributed by atoms with Gasteiger partial charge in [0.15, 0.2) is 11.5 Å². The fourth-order valence-electron chi connectivity index (χ4n) is 2.01. The van der Waals surface area contributed by atoms with Crippen LogP contribution in [0.15, 0.2) is 34.7 Å². The minimum Gasteiger partial charge on any atom is -0.493 e. The molecule has 102 valence electrons. The number of hydrogen-bond donors (Lipinski definition) is 1. The zero-order chi connectivity index (χ0) is 13.8. The van der Waals surface area contributed by atoms with Gasteiger partial charge >= 0.3 is 0 Å². The minimum absolute atomic E-state index is 0.160. The van der Waals surface area contributed by atoms with Gasteiger partial charge in [0.25, 0.3) is 0 Å². The van der Waals surface area contributed by atoms with E-state index in [-0.39, 0.29) is 6.04 Å². The van der Waals surface area contributed by atoms with E-state index in [2.05, 4.69) is 0 Å². The van der Waals surface area contributed by atoms with Crippen molar-refractivity contribution in [2.24, 2.45) is 5.73 Å². The Balaban J connectivity index is 2.14. The van der Waals surface area contributed by atoms with Crippen molar-refractivity contribution < 1.29 is 13.9 Å². The first-order valence-electron chi connectivity index (χ1n) is 6.17. The largest absolute Gasteiger partial charge is 0.493 e. The molecule has 4 nitrogen and oxygen atoms in total. The Labute approximate surface area is 113 Å². The summed E-state index contributed by atoms with van der Waals surface area (Å²) in [7, 11) is 3.24. The molecule has 0 spiro atoms. The van der Waals surface area contributed by atoms with Crippen LogP contribution in [-0.2, 0) is 6.42 Å². The van der Waals surface area contributed by atoms with E-state index in [0.717, 1.165) is 17.1 Å². The average molecular weight is 261 g/mol. The molecule has 0 radical (unpaired) electrons. The van der Waals surface area contributed by atoms with Crippen molar-refractivity contribution in [3.8, 4) is 11.5 Å². The number of aryl methyl sites for hydroxylation is 1. The molecular formula is C15H19NO3. The van der Waals surface area contributed by atoms with E-state index in [9.17, 15) is 0 Å². The molecule has 2 rings (SSSR count). The van der Waals surface area contributed by atoms with Crippen molar-refractivity contribution in [2.75, 3.05) is 14.2 Å². The van der Waals surface area contributed by atoms with E-state index >= 15 is 0 Å². The van der Waals surface area contributed by atoms with Crippen LogP contribution in [0, 0.1) is 6.92 Å². The molecule has 0 amide bonds. The van der Waals surface area contributed by atoms with E-state index in [1.807, 2.05) is 37.3 Å². The Bertz CT molecular complexity index is 548. The first kappa shape index (κ1) is 13.5. The summed E-state index contributed by atoms with van der Waals surface area (Å²) in [6.45, 7) is 1.91. The molecule has 0 aliphatic heterocycles. The van der Waals surface area contributed by atoms with Crippen LogP contribution in [0.2, 0.25) is 0 Å². The van der Waals surface area contributed by atoms with Crippen LogP contribution in [0.1, 0.15) is 23.1 Å². The van der Waals surface area contributed by atoms with Gasteiger partial charge in [0, 0.05) is 0 Å². The minimum atomic E-state index is -0.160. The lowest BCUT2D eigenvalue weighted by atomic mass is 10.0. The van der Waals surface area contributed by atoms with Gasteiger partial charge in [-0.25, -0.2) is 0 Å². The number of ether oxygens (including phenoxy) is 2. The van der Waals surface area contributed by atoms with Gasteiger partial charge < -0.3 is 19.6 Å². The fourth-order valence-corrected chi connectivity index (χ4v) is 2.01. The van der Waals surface area contributed by atoms with E-state index < -0.39 is 0 Å². The number of nitrogens with two attached hydrogens (primary N) is 1. The highest BCUT2D eigenvalue weighted by Gasteiger charge is 2.12. The Kier molecular flexibility index (Phi) is 4.12. The van der Waals surface area contributed by atoms with Gasteiger partial charge in [-0.05, 0) is 43.2 Å². The lowest BCUT2D eigenvalue weighted by molar-refractivity contribution is 0.354. The summed E-state index contributed by atoms with van der Waals surface area (Å²) in [5.41, 5.74) is 7.22. The van der Waals surface area contributed by atoms with Gasteiger partial charge in [0.2, 0.25) is 0 Å². The number of hydrogen-bond acceptors (Lipinski definition) is 4. The topological polar surface area (TPSA) is 57.6 Å². The van der Waals surface area contributed by atoms with Gasteiger partial charge in [-0.1, -0.05) is 6.07 Å². The van der Waals surface area contributed by atoms with E-state index in [1.165, 1.54) is 0 Å². The van der Waals surface area contributed by atoms with Crippen LogP contribution in [0.5, 0.6) is 11.5 Å². The lowest BCUT2D eigenvalue weighted by Gasteiger charge is -2.12. The first-order valence-corrected chi connectivity index (χ1v) is 6.17. The van der Waals surface area contributed by atoms with Gasteiger partial charge in [0.05, 0.1) is 20.3 Å². The third kappa shape index (κ3) is 3.09. The highest BCUT2D eigenvalue weighted by Crippen LogP contribution is 2.29. The van der Waals surface area contributed by atoms with E-state index in [1.54, 1.807) is 14.2 Å². The van der Waals surface area contributed by atoms with Crippen molar-refractivity contribution in [2.45, 2.75) is 19.4 Å². The molecule has 0 aliphatic carbocycles. The van der Waals surface area contributed by atoms with Gasteiger partial charge in [-0.2, -0.15) is 0 Å². The molecule has 2 N–H and O–H groups in total. The van der Waals surface area contributed by atoms with Crippen molar-refractivity contribution in [1.82, 2.24) is 0 Å². The van der Waals surface area contributed by atoms with E-state index in [4.69, 9.17) is 19.6 Å². The molecule has 1 heterocycles. The van der Waals surface area contributed by atoms with Crippen LogP contribution in [0.25, 0.3) is 0 Å². The van der Waals surface area contributed by atoms with Crippen LogP contribution < -0.4 is 15.2 Å². The number of benzene rings is 1. The predicted molar refractivity (Wildman–Crippen MR) is 73.6 cm³/mol. The van der Waals surface area contributed by atoms with Crippen molar-refractivity contribution in [3.05, 3.63) is 47.4 Å². The quantitative estimate of drug-likeness (QED) is 0.899. The second kappa shape index (κ2) is 5.80. The van der Waals surface area contributed by atoms with Gasteiger partial charge in [-0.3, -0.25) is 0 Å². The van der Waals surface area contributed by atoms with Crippen LogP contribution in [0.4, 0.5) is 0 Å². The molecule has 0 saturated heterocycles. The van der Waals surface area contributed by atoms with Crippen LogP contribution >= 0.6 is 0 Å². The molecule has 4 heteroatoms. The third-order valence-corrected chi connectivity index (χ3v) is 3.03. The number of methoxy groups -OCH3 is 2. The molecule has 1 aromatic carbocycles. The van der Waals surface area contributed by atoms with Gasteiger partial charge in [-0.15, -0.1) is 0 Å². The number of rotatable bonds is 5. The Morgan fingerprint density at radius 1 is 1.11 bits per heavy atom. The monoisotopic (exact) mass is 261 g/mol. The molecule has 0 bridgehead atoms. The normalized spacial score (nSPS) is 12.2. The second-order valence-corrected chi connectivity index (χ2v) is 4.45. The maximum atomic E-state index is 6.14. The Morgan fingerprint density at radius 3 is 2.42 bits per heavy atom. The fraction of sp³-hybridized carbons (Fsp3) is 0.333. The number of furan rings is 1. The van der Waals surface area contributed by atoms with Crippen LogP contribution in [-0.4, -0.2) is 14.2 Å². The van der Waals surface area contributed by atoms with E-state index in [0.29, 0.717) is 17.9 Å². The van der Waals surface area contributed by atoms with Crippen molar-refractivity contribution in [3.63, 3.8) is 0 Å². The maximum Gasteiger partial charge on any atom is 0.160 e. The summed E-state index contributed by atoms with van der Waals surface area (Å²) in [6.07, 6.45) is 0.688. The SMILES string of the molecule is COc1ccc(CC(N)c2ccc(C)o2)cc1OC. The highest BCUT2D eigenvalue weighted by atomic mass is 16.5. The Morgan fingerprint density at radius 2 is 1.84 bits per heavy atom. The predicted octanol–water partition coefficient (Wildman–Crippen LogP) is 2.85. The average Bonchev–Trinajstić information content (AvgIpc) is 2.85. The summed E-state index contributed by atoms with van der Waals surface area (Å²) >= 11 is 0. The van der Waals surface area contributed by atoms with Crippen LogP contribution in [0.3, 0.4) is 0 Å². The zero-order valence-corrected chi connectivity index (χ0v) is 11.5. The molecule has 1 aromatic heterocycles. The van der Waals surface area contributed by atoms with Crippen molar-refractivity contribution in [1.29, 1.82) is 0 Å². The molecule has 0 aliphatic rings. The summed E-state index contributed by atoms with van der Waals surface area (Å²) in [5.74, 6) is 3.10. The molecule has 19 heavy (non-hydrogen) atoms. The maximum absolute atomic E-state index is 6.14. The summed E-state index contributed by atoms with van der Waals surface area (Å²) in [4.78, 5) is 0. The molecule has 0 fully saturated rings. The summed E-state index contributed by atoms with van der Waals surface area (Å²) in [5, 5.41) is 0. The first-order chi connectivity index (χ1) is 9.13. The van der Waals surface area contributed by atoms with Crippen molar-refractivity contribution >= 4 is 0 Å². The zero-order valence-electron chi connectivity index (χ0n) is 11.5. The standard InChI is InChI=1S/C15H19NO3/c1-10-4-6-13(19-10)12(16)8-11-5-7-14(17-2)15(9-11)18-3/h4-7,9,12H,8,16H2,1-3H3. The summed E-state index contributed by atoms with van der Waals surface area (Å²) in [6, 6.07) is 9.48. The lowest BCUT2D eigenvalue weighted by Crippen LogP contribution is -2.12. The molecule has 2 aromatic rings. The third-order valence-electron chi connectivity index (χ3n) is 3.03. The molecular weight excluding hydrogens is 242 g/mol. The molecule has 1 atom stereocenters. The molecule has 1 unspecified atom stereocenters. The highest BCUT2D eigenvalue weighted by molar-refractivity contribution is 5.43. The summed E-state index contributed by atoms with van der Waals surface area (Å²) < 4.78 is 16.0. The molecule has 0 saturated carbocycles.